The van der Waals surface area contributed by atoms with Crippen molar-refractivity contribution in [2.45, 2.75) is 20.4 Å². The SMILES string of the molecule is Cc1c(Cl)cccc1NC(=O)Cn1cc(-c2noc(-c3cccc(F)c3)n2)nc1C. The minimum absolute atomic E-state index is 0.0550. The zero-order chi connectivity index (χ0) is 21.3. The van der Waals surface area contributed by atoms with Gasteiger partial charge in [-0.2, -0.15) is 4.98 Å². The Morgan fingerprint density at radius 3 is 2.80 bits per heavy atom. The third-order valence-corrected chi connectivity index (χ3v) is 4.97. The van der Waals surface area contributed by atoms with E-state index in [0.717, 1.165) is 5.56 Å². The highest BCUT2D eigenvalue weighted by Crippen LogP contribution is 2.24. The molecule has 0 saturated heterocycles. The number of nitrogens with one attached hydrogen (secondary N) is 1. The van der Waals surface area contributed by atoms with E-state index in [0.29, 0.717) is 27.8 Å². The number of hydrogen-bond acceptors (Lipinski definition) is 5. The van der Waals surface area contributed by atoms with Crippen molar-refractivity contribution >= 4 is 23.2 Å². The summed E-state index contributed by atoms with van der Waals surface area (Å²) in [6.45, 7) is 3.67. The summed E-state index contributed by atoms with van der Waals surface area (Å²) in [5.41, 5.74) is 2.38. The van der Waals surface area contributed by atoms with Gasteiger partial charge in [0.05, 0.1) is 0 Å². The maximum atomic E-state index is 13.4. The van der Waals surface area contributed by atoms with E-state index in [-0.39, 0.29) is 24.2 Å². The molecule has 4 rings (SSSR count). The second-order valence-corrected chi connectivity index (χ2v) is 7.10. The van der Waals surface area contributed by atoms with Crippen molar-refractivity contribution in [2.24, 2.45) is 0 Å². The van der Waals surface area contributed by atoms with Crippen LogP contribution in [-0.2, 0) is 11.3 Å². The number of rotatable bonds is 5. The topological polar surface area (TPSA) is 85.8 Å². The number of benzene rings is 2. The molecule has 0 spiro atoms. The fourth-order valence-corrected chi connectivity index (χ4v) is 3.10. The maximum absolute atomic E-state index is 13.4. The number of hydrogen-bond donors (Lipinski definition) is 1. The lowest BCUT2D eigenvalue weighted by Crippen LogP contribution is -2.19. The third-order valence-electron chi connectivity index (χ3n) is 4.56. The standard InChI is InChI=1S/C21H17ClFN5O2/c1-12-16(22)7-4-8-17(12)25-19(29)11-28-10-18(24-13(28)2)20-26-21(30-27-20)14-5-3-6-15(23)9-14/h3-10H,11H2,1-2H3,(H,25,29). The largest absolute Gasteiger partial charge is 0.334 e. The van der Waals surface area contributed by atoms with Crippen molar-refractivity contribution in [1.82, 2.24) is 19.7 Å². The van der Waals surface area contributed by atoms with Crippen molar-refractivity contribution in [3.8, 4) is 23.0 Å². The first-order valence-electron chi connectivity index (χ1n) is 9.09. The Kier molecular flexibility index (Phi) is 5.33. The van der Waals surface area contributed by atoms with Gasteiger partial charge in [0.1, 0.15) is 23.9 Å². The molecule has 30 heavy (non-hydrogen) atoms. The van der Waals surface area contributed by atoms with Crippen molar-refractivity contribution in [2.75, 3.05) is 5.32 Å². The molecule has 0 aliphatic rings. The van der Waals surface area contributed by atoms with E-state index < -0.39 is 5.82 Å². The lowest BCUT2D eigenvalue weighted by Gasteiger charge is -2.10. The van der Waals surface area contributed by atoms with E-state index in [4.69, 9.17) is 16.1 Å². The van der Waals surface area contributed by atoms with Gasteiger partial charge in [-0.3, -0.25) is 4.79 Å². The van der Waals surface area contributed by atoms with E-state index in [1.54, 1.807) is 48.0 Å². The quantitative estimate of drug-likeness (QED) is 0.503. The van der Waals surface area contributed by atoms with Gasteiger partial charge >= 0.3 is 0 Å². The highest BCUT2D eigenvalue weighted by Gasteiger charge is 2.16. The molecular formula is C21H17ClFN5O2. The third kappa shape index (κ3) is 4.08. The number of carbonyl (C=O) groups is 1. The molecule has 0 radical (unpaired) electrons. The average Bonchev–Trinajstić information content (AvgIpc) is 3.33. The van der Waals surface area contributed by atoms with Crippen LogP contribution in [0, 0.1) is 19.7 Å². The summed E-state index contributed by atoms with van der Waals surface area (Å²) >= 11 is 6.10. The smallest absolute Gasteiger partial charge is 0.258 e. The fourth-order valence-electron chi connectivity index (χ4n) is 2.93. The summed E-state index contributed by atoms with van der Waals surface area (Å²) in [6, 6.07) is 11.2. The van der Waals surface area contributed by atoms with Crippen LogP contribution in [0.1, 0.15) is 11.4 Å². The summed E-state index contributed by atoms with van der Waals surface area (Å²) in [6.07, 6.45) is 1.67. The monoisotopic (exact) mass is 425 g/mol. The number of aromatic nitrogens is 4. The molecule has 0 bridgehead atoms. The van der Waals surface area contributed by atoms with Gasteiger partial charge in [-0.15, -0.1) is 0 Å². The highest BCUT2D eigenvalue weighted by molar-refractivity contribution is 6.31. The molecule has 0 aliphatic heterocycles. The normalized spacial score (nSPS) is 10.9. The minimum Gasteiger partial charge on any atom is -0.334 e. The van der Waals surface area contributed by atoms with Gasteiger partial charge in [-0.25, -0.2) is 9.37 Å². The molecule has 1 N–H and O–H groups in total. The second-order valence-electron chi connectivity index (χ2n) is 6.70. The van der Waals surface area contributed by atoms with Gasteiger partial charge in [-0.1, -0.05) is 28.9 Å². The number of aryl methyl sites for hydroxylation is 1. The molecule has 0 atom stereocenters. The molecule has 152 valence electrons. The number of halogens is 2. The molecule has 4 aromatic rings. The van der Waals surface area contributed by atoms with Crippen molar-refractivity contribution in [1.29, 1.82) is 0 Å². The Balaban J connectivity index is 1.51. The molecule has 2 heterocycles. The van der Waals surface area contributed by atoms with Crippen LogP contribution in [0.25, 0.3) is 23.0 Å². The van der Waals surface area contributed by atoms with Gasteiger partial charge in [0.25, 0.3) is 5.89 Å². The van der Waals surface area contributed by atoms with Crippen LogP contribution in [-0.4, -0.2) is 25.6 Å². The number of imidazole rings is 1. The van der Waals surface area contributed by atoms with Crippen LogP contribution < -0.4 is 5.32 Å². The molecule has 7 nitrogen and oxygen atoms in total. The van der Waals surface area contributed by atoms with Gasteiger partial charge in [0, 0.05) is 22.5 Å². The van der Waals surface area contributed by atoms with E-state index in [9.17, 15) is 9.18 Å². The van der Waals surface area contributed by atoms with Crippen LogP contribution in [0.3, 0.4) is 0 Å². The molecular weight excluding hydrogens is 409 g/mol. The van der Waals surface area contributed by atoms with Gasteiger partial charge < -0.3 is 14.4 Å². The number of nitrogens with zero attached hydrogens (tertiary/aromatic N) is 4. The fraction of sp³-hybridized carbons (Fsp3) is 0.143. The Hall–Kier alpha value is -3.52. The predicted molar refractivity (Wildman–Crippen MR) is 110 cm³/mol. The molecule has 0 aliphatic carbocycles. The van der Waals surface area contributed by atoms with Crippen LogP contribution in [0.4, 0.5) is 10.1 Å². The molecule has 0 unspecified atom stereocenters. The Morgan fingerprint density at radius 2 is 2.00 bits per heavy atom. The first-order valence-corrected chi connectivity index (χ1v) is 9.47. The molecule has 2 aromatic heterocycles. The van der Waals surface area contributed by atoms with Crippen LogP contribution in [0.2, 0.25) is 5.02 Å². The first kappa shape index (κ1) is 19.8. The van der Waals surface area contributed by atoms with Gasteiger partial charge in [0.15, 0.2) is 0 Å². The molecule has 0 fully saturated rings. The summed E-state index contributed by atoms with van der Waals surface area (Å²) in [7, 11) is 0. The Bertz CT molecular complexity index is 1230. The minimum atomic E-state index is -0.395. The Labute approximate surface area is 176 Å². The zero-order valence-corrected chi connectivity index (χ0v) is 16.9. The highest BCUT2D eigenvalue weighted by atomic mass is 35.5. The number of anilines is 1. The lowest BCUT2D eigenvalue weighted by molar-refractivity contribution is -0.116. The summed E-state index contributed by atoms with van der Waals surface area (Å²) in [5.74, 6) is 0.433. The molecule has 9 heteroatoms. The zero-order valence-electron chi connectivity index (χ0n) is 16.2. The molecule has 1 amide bonds. The summed E-state index contributed by atoms with van der Waals surface area (Å²) in [4.78, 5) is 21.2. The van der Waals surface area contributed by atoms with E-state index in [1.165, 1.54) is 12.1 Å². The molecule has 0 saturated carbocycles. The van der Waals surface area contributed by atoms with Crippen LogP contribution in [0.5, 0.6) is 0 Å². The van der Waals surface area contributed by atoms with Crippen LogP contribution in [0.15, 0.2) is 53.2 Å². The first-order chi connectivity index (χ1) is 14.4. The van der Waals surface area contributed by atoms with E-state index >= 15 is 0 Å². The molecule has 2 aromatic carbocycles. The van der Waals surface area contributed by atoms with E-state index in [2.05, 4.69) is 20.4 Å². The summed E-state index contributed by atoms with van der Waals surface area (Å²) < 4.78 is 20.3. The predicted octanol–water partition coefficient (Wildman–Crippen LogP) is 4.65. The average molecular weight is 426 g/mol. The second kappa shape index (κ2) is 8.08. The van der Waals surface area contributed by atoms with Crippen molar-refractivity contribution in [3.05, 3.63) is 70.9 Å². The van der Waals surface area contributed by atoms with Crippen LogP contribution >= 0.6 is 11.6 Å². The van der Waals surface area contributed by atoms with Crippen molar-refractivity contribution in [3.63, 3.8) is 0 Å². The number of amides is 1. The maximum Gasteiger partial charge on any atom is 0.258 e. The lowest BCUT2D eigenvalue weighted by atomic mass is 10.2. The van der Waals surface area contributed by atoms with E-state index in [1.807, 2.05) is 6.92 Å². The van der Waals surface area contributed by atoms with Gasteiger partial charge in [0.2, 0.25) is 11.7 Å². The van der Waals surface area contributed by atoms with Gasteiger partial charge in [-0.05, 0) is 49.7 Å². The van der Waals surface area contributed by atoms with Crippen molar-refractivity contribution < 1.29 is 13.7 Å². The number of carbonyl (C=O) groups excluding carboxylic acids is 1. The Morgan fingerprint density at radius 1 is 1.20 bits per heavy atom. The summed E-state index contributed by atoms with van der Waals surface area (Å²) in [5, 5.41) is 7.35.